The van der Waals surface area contributed by atoms with Gasteiger partial charge in [0, 0.05) is 50.2 Å². The van der Waals surface area contributed by atoms with E-state index in [2.05, 4.69) is 4.98 Å². The monoisotopic (exact) mass is 353 g/mol. The topological polar surface area (TPSA) is 53.5 Å². The fraction of sp³-hybridized carbons (Fsp3) is 0.250. The standard InChI is InChI=1S/C20H20FN3O2/c21-18-7-2-1-5-16(18)8-9-19(25)23-11-4-12-24(14-13-23)20(26)17-6-3-10-22-15-17/h1-3,5-10,15H,4,11-14H2/b9-8+. The van der Waals surface area contributed by atoms with Gasteiger partial charge < -0.3 is 9.80 Å². The lowest BCUT2D eigenvalue weighted by Gasteiger charge is -2.21. The molecule has 26 heavy (non-hydrogen) atoms. The molecule has 0 saturated carbocycles. The van der Waals surface area contributed by atoms with Gasteiger partial charge in [0.1, 0.15) is 5.82 Å². The number of benzene rings is 1. The van der Waals surface area contributed by atoms with E-state index in [4.69, 9.17) is 0 Å². The third-order valence-corrected chi connectivity index (χ3v) is 4.31. The Labute approximate surface area is 151 Å². The highest BCUT2D eigenvalue weighted by atomic mass is 19.1. The van der Waals surface area contributed by atoms with Gasteiger partial charge in [-0.3, -0.25) is 14.6 Å². The third kappa shape index (κ3) is 4.33. The minimum absolute atomic E-state index is 0.0747. The number of amides is 2. The second-order valence-corrected chi connectivity index (χ2v) is 6.07. The molecular formula is C20H20FN3O2. The van der Waals surface area contributed by atoms with Crippen LogP contribution in [-0.4, -0.2) is 52.8 Å². The molecule has 0 radical (unpaired) electrons. The zero-order chi connectivity index (χ0) is 18.4. The maximum Gasteiger partial charge on any atom is 0.255 e. The van der Waals surface area contributed by atoms with Crippen molar-refractivity contribution in [2.75, 3.05) is 26.2 Å². The number of rotatable bonds is 3. The molecule has 2 amide bonds. The molecule has 134 valence electrons. The van der Waals surface area contributed by atoms with E-state index >= 15 is 0 Å². The largest absolute Gasteiger partial charge is 0.337 e. The fourth-order valence-corrected chi connectivity index (χ4v) is 2.89. The molecule has 1 aliphatic heterocycles. The molecule has 1 aromatic heterocycles. The van der Waals surface area contributed by atoms with Crippen LogP contribution in [0.25, 0.3) is 6.08 Å². The van der Waals surface area contributed by atoms with E-state index in [1.165, 1.54) is 18.2 Å². The van der Waals surface area contributed by atoms with Gasteiger partial charge in [-0.2, -0.15) is 0 Å². The minimum Gasteiger partial charge on any atom is -0.337 e. The van der Waals surface area contributed by atoms with Gasteiger partial charge in [0.25, 0.3) is 5.91 Å². The molecule has 0 spiro atoms. The number of hydrogen-bond acceptors (Lipinski definition) is 3. The van der Waals surface area contributed by atoms with Crippen LogP contribution in [-0.2, 0) is 4.79 Å². The van der Waals surface area contributed by atoms with E-state index in [-0.39, 0.29) is 17.6 Å². The smallest absolute Gasteiger partial charge is 0.255 e. The zero-order valence-corrected chi connectivity index (χ0v) is 14.3. The molecule has 2 aromatic rings. The normalized spacial score (nSPS) is 15.1. The lowest BCUT2D eigenvalue weighted by Crippen LogP contribution is -2.36. The molecular weight excluding hydrogens is 333 g/mol. The summed E-state index contributed by atoms with van der Waals surface area (Å²) in [5.41, 5.74) is 0.927. The molecule has 0 aliphatic carbocycles. The predicted octanol–water partition coefficient (Wildman–Crippen LogP) is 2.61. The van der Waals surface area contributed by atoms with E-state index in [9.17, 15) is 14.0 Å². The summed E-state index contributed by atoms with van der Waals surface area (Å²) in [6.07, 6.45) is 6.75. The first-order valence-electron chi connectivity index (χ1n) is 8.56. The first-order chi connectivity index (χ1) is 12.6. The number of nitrogens with zero attached hydrogens (tertiary/aromatic N) is 3. The Morgan fingerprint density at radius 1 is 1.00 bits per heavy atom. The first-order valence-corrected chi connectivity index (χ1v) is 8.56. The zero-order valence-electron chi connectivity index (χ0n) is 14.3. The van der Waals surface area contributed by atoms with Gasteiger partial charge >= 0.3 is 0 Å². The molecule has 5 nitrogen and oxygen atoms in total. The molecule has 0 N–H and O–H groups in total. The van der Waals surface area contributed by atoms with Gasteiger partial charge in [0.05, 0.1) is 5.56 Å². The van der Waals surface area contributed by atoms with Crippen molar-refractivity contribution in [1.82, 2.24) is 14.8 Å². The molecule has 0 bridgehead atoms. The molecule has 3 rings (SSSR count). The Hall–Kier alpha value is -3.02. The number of aromatic nitrogens is 1. The quantitative estimate of drug-likeness (QED) is 0.797. The Morgan fingerprint density at radius 3 is 2.54 bits per heavy atom. The van der Waals surface area contributed by atoms with E-state index in [0.29, 0.717) is 43.7 Å². The molecule has 1 fully saturated rings. The summed E-state index contributed by atoms with van der Waals surface area (Å²) in [5, 5.41) is 0. The lowest BCUT2D eigenvalue weighted by atomic mass is 10.2. The van der Waals surface area contributed by atoms with Crippen molar-refractivity contribution in [3.05, 3.63) is 71.8 Å². The molecule has 1 saturated heterocycles. The summed E-state index contributed by atoms with van der Waals surface area (Å²) in [5.74, 6) is -0.612. The third-order valence-electron chi connectivity index (χ3n) is 4.31. The first kappa shape index (κ1) is 17.8. The van der Waals surface area contributed by atoms with Crippen molar-refractivity contribution >= 4 is 17.9 Å². The van der Waals surface area contributed by atoms with Gasteiger partial charge in [-0.15, -0.1) is 0 Å². The van der Waals surface area contributed by atoms with Crippen LogP contribution in [0.4, 0.5) is 4.39 Å². The van der Waals surface area contributed by atoms with Crippen molar-refractivity contribution in [1.29, 1.82) is 0 Å². The van der Waals surface area contributed by atoms with Crippen LogP contribution in [0.15, 0.2) is 54.9 Å². The summed E-state index contributed by atoms with van der Waals surface area (Å²) >= 11 is 0. The Kier molecular flexibility index (Phi) is 5.73. The highest BCUT2D eigenvalue weighted by Gasteiger charge is 2.22. The van der Waals surface area contributed by atoms with Gasteiger partial charge in [-0.1, -0.05) is 18.2 Å². The summed E-state index contributed by atoms with van der Waals surface area (Å²) < 4.78 is 13.6. The van der Waals surface area contributed by atoms with Crippen LogP contribution in [0.5, 0.6) is 0 Å². The van der Waals surface area contributed by atoms with Crippen molar-refractivity contribution in [2.24, 2.45) is 0 Å². The van der Waals surface area contributed by atoms with Gasteiger partial charge in [-0.05, 0) is 30.7 Å². The second kappa shape index (κ2) is 8.38. The molecule has 2 heterocycles. The number of carbonyl (C=O) groups excluding carboxylic acids is 2. The van der Waals surface area contributed by atoms with Crippen LogP contribution in [0.1, 0.15) is 22.3 Å². The Bertz CT molecular complexity index is 808. The summed E-state index contributed by atoms with van der Waals surface area (Å²) in [7, 11) is 0. The van der Waals surface area contributed by atoms with Crippen molar-refractivity contribution in [3.8, 4) is 0 Å². The highest BCUT2D eigenvalue weighted by Crippen LogP contribution is 2.11. The molecule has 1 aromatic carbocycles. The minimum atomic E-state index is -0.361. The molecule has 1 aliphatic rings. The Balaban J connectivity index is 1.60. The van der Waals surface area contributed by atoms with E-state index in [1.807, 2.05) is 0 Å². The highest BCUT2D eigenvalue weighted by molar-refractivity contribution is 5.94. The summed E-state index contributed by atoms with van der Waals surface area (Å²) in [6.45, 7) is 2.07. The Morgan fingerprint density at radius 2 is 1.77 bits per heavy atom. The SMILES string of the molecule is O=C(/C=C/c1ccccc1F)N1CCCN(C(=O)c2cccnc2)CC1. The van der Waals surface area contributed by atoms with Crippen molar-refractivity contribution < 1.29 is 14.0 Å². The van der Waals surface area contributed by atoms with Crippen LogP contribution >= 0.6 is 0 Å². The maximum absolute atomic E-state index is 13.6. The second-order valence-electron chi connectivity index (χ2n) is 6.07. The maximum atomic E-state index is 13.6. The average molecular weight is 353 g/mol. The van der Waals surface area contributed by atoms with Crippen LogP contribution in [0, 0.1) is 5.82 Å². The van der Waals surface area contributed by atoms with E-state index < -0.39 is 0 Å². The van der Waals surface area contributed by atoms with Gasteiger partial charge in [0.15, 0.2) is 0 Å². The number of carbonyl (C=O) groups is 2. The summed E-state index contributed by atoms with van der Waals surface area (Å²) in [6, 6.07) is 9.78. The molecule has 6 heteroatoms. The van der Waals surface area contributed by atoms with Crippen LogP contribution in [0.2, 0.25) is 0 Å². The van der Waals surface area contributed by atoms with Gasteiger partial charge in [0.2, 0.25) is 5.91 Å². The predicted molar refractivity (Wildman–Crippen MR) is 96.8 cm³/mol. The number of halogens is 1. The number of hydrogen-bond donors (Lipinski definition) is 0. The fourth-order valence-electron chi connectivity index (χ4n) is 2.89. The average Bonchev–Trinajstić information content (AvgIpc) is 2.93. The van der Waals surface area contributed by atoms with Gasteiger partial charge in [-0.25, -0.2) is 4.39 Å². The van der Waals surface area contributed by atoms with Crippen molar-refractivity contribution in [2.45, 2.75) is 6.42 Å². The van der Waals surface area contributed by atoms with E-state index in [1.54, 1.807) is 52.5 Å². The summed E-state index contributed by atoms with van der Waals surface area (Å²) in [4.78, 5) is 32.3. The molecule has 0 unspecified atom stereocenters. The van der Waals surface area contributed by atoms with Crippen LogP contribution < -0.4 is 0 Å². The number of pyridine rings is 1. The lowest BCUT2D eigenvalue weighted by molar-refractivity contribution is -0.125. The van der Waals surface area contributed by atoms with Crippen molar-refractivity contribution in [3.63, 3.8) is 0 Å². The molecule has 0 atom stereocenters. The van der Waals surface area contributed by atoms with Crippen LogP contribution in [0.3, 0.4) is 0 Å². The van der Waals surface area contributed by atoms with E-state index in [0.717, 1.165) is 0 Å².